The number of rotatable bonds is 5. The molecule has 1 amide bonds. The molecule has 0 saturated heterocycles. The zero-order valence-electron chi connectivity index (χ0n) is 10.8. The average Bonchev–Trinajstić information content (AvgIpc) is 2.36. The molecule has 0 aliphatic rings. The van der Waals surface area contributed by atoms with Gasteiger partial charge in [-0.15, -0.1) is 11.8 Å². The topological polar surface area (TPSA) is 46.3 Å². The van der Waals surface area contributed by atoms with Crippen LogP contribution < -0.4 is 5.73 Å². The van der Waals surface area contributed by atoms with E-state index in [0.717, 1.165) is 10.5 Å². The molecule has 0 heterocycles. The van der Waals surface area contributed by atoms with E-state index in [1.165, 1.54) is 0 Å². The summed E-state index contributed by atoms with van der Waals surface area (Å²) in [7, 11) is 1.78. The van der Waals surface area contributed by atoms with E-state index in [1.54, 1.807) is 23.7 Å². The van der Waals surface area contributed by atoms with Gasteiger partial charge >= 0.3 is 0 Å². The summed E-state index contributed by atoms with van der Waals surface area (Å²) >= 11 is 6.45. The number of carbonyl (C=O) groups excluding carboxylic acids is 1. The number of hydrogen-bond acceptors (Lipinski definition) is 3. The fourth-order valence-corrected chi connectivity index (χ4v) is 2.47. The number of thiocarbonyl (C=S) groups is 1. The van der Waals surface area contributed by atoms with Crippen LogP contribution in [0.4, 0.5) is 0 Å². The second-order valence-corrected chi connectivity index (χ2v) is 5.51. The van der Waals surface area contributed by atoms with Gasteiger partial charge in [-0.2, -0.15) is 0 Å². The van der Waals surface area contributed by atoms with Gasteiger partial charge in [-0.25, -0.2) is 0 Å². The SMILES string of the molecule is CSc1ccccc1C(=O)N(C)C(C)CC(N)=S. The van der Waals surface area contributed by atoms with Crippen LogP contribution in [0.3, 0.4) is 0 Å². The van der Waals surface area contributed by atoms with E-state index in [2.05, 4.69) is 0 Å². The van der Waals surface area contributed by atoms with Crippen molar-refractivity contribution in [3.05, 3.63) is 29.8 Å². The summed E-state index contributed by atoms with van der Waals surface area (Å²) in [5.41, 5.74) is 6.24. The predicted octanol–water partition coefficient (Wildman–Crippen LogP) is 2.55. The number of amides is 1. The zero-order chi connectivity index (χ0) is 13.7. The van der Waals surface area contributed by atoms with Gasteiger partial charge in [0.15, 0.2) is 0 Å². The third kappa shape index (κ3) is 3.71. The molecule has 1 unspecified atom stereocenters. The summed E-state index contributed by atoms with van der Waals surface area (Å²) in [5, 5.41) is 0. The highest BCUT2D eigenvalue weighted by molar-refractivity contribution is 7.98. The first-order valence-electron chi connectivity index (χ1n) is 5.65. The molecule has 0 aliphatic heterocycles. The van der Waals surface area contributed by atoms with E-state index >= 15 is 0 Å². The van der Waals surface area contributed by atoms with E-state index in [-0.39, 0.29) is 11.9 Å². The van der Waals surface area contributed by atoms with Crippen molar-refractivity contribution in [2.75, 3.05) is 13.3 Å². The first-order valence-corrected chi connectivity index (χ1v) is 7.29. The summed E-state index contributed by atoms with van der Waals surface area (Å²) in [5.74, 6) is 0.00343. The van der Waals surface area contributed by atoms with Gasteiger partial charge < -0.3 is 10.6 Å². The van der Waals surface area contributed by atoms with Crippen LogP contribution in [0.15, 0.2) is 29.2 Å². The Hall–Kier alpha value is -1.07. The summed E-state index contributed by atoms with van der Waals surface area (Å²) in [4.78, 5) is 15.5. The third-order valence-corrected chi connectivity index (χ3v) is 3.78. The van der Waals surface area contributed by atoms with Crippen molar-refractivity contribution in [2.24, 2.45) is 5.73 Å². The van der Waals surface area contributed by atoms with Crippen molar-refractivity contribution in [3.63, 3.8) is 0 Å². The van der Waals surface area contributed by atoms with E-state index in [0.29, 0.717) is 11.4 Å². The highest BCUT2D eigenvalue weighted by atomic mass is 32.2. The second-order valence-electron chi connectivity index (χ2n) is 4.14. The van der Waals surface area contributed by atoms with Crippen molar-refractivity contribution < 1.29 is 4.79 Å². The molecule has 98 valence electrons. The standard InChI is InChI=1S/C13H18N2OS2/c1-9(8-12(14)17)15(2)13(16)10-6-4-5-7-11(10)18-3/h4-7,9H,8H2,1-3H3,(H2,14,17). The molecule has 1 rings (SSSR count). The zero-order valence-corrected chi connectivity index (χ0v) is 12.5. The Labute approximate surface area is 118 Å². The van der Waals surface area contributed by atoms with Gasteiger partial charge in [0.05, 0.1) is 10.6 Å². The third-order valence-electron chi connectivity index (χ3n) is 2.82. The summed E-state index contributed by atoms with van der Waals surface area (Å²) in [6.45, 7) is 1.94. The molecule has 0 saturated carbocycles. The first-order chi connectivity index (χ1) is 8.47. The normalized spacial score (nSPS) is 11.9. The molecule has 0 radical (unpaired) electrons. The van der Waals surface area contributed by atoms with Crippen LogP contribution in [-0.2, 0) is 0 Å². The van der Waals surface area contributed by atoms with Crippen molar-refractivity contribution in [3.8, 4) is 0 Å². The van der Waals surface area contributed by atoms with Crippen molar-refractivity contribution in [1.29, 1.82) is 0 Å². The smallest absolute Gasteiger partial charge is 0.254 e. The van der Waals surface area contributed by atoms with Gasteiger partial charge in [-0.1, -0.05) is 24.4 Å². The van der Waals surface area contributed by atoms with E-state index in [9.17, 15) is 4.79 Å². The average molecular weight is 282 g/mol. The van der Waals surface area contributed by atoms with Crippen LogP contribution in [0, 0.1) is 0 Å². The summed E-state index contributed by atoms with van der Waals surface area (Å²) in [6, 6.07) is 7.60. The number of nitrogens with two attached hydrogens (primary N) is 1. The van der Waals surface area contributed by atoms with Gasteiger partial charge in [0.2, 0.25) is 0 Å². The summed E-state index contributed by atoms with van der Waals surface area (Å²) < 4.78 is 0. The Morgan fingerprint density at radius 3 is 2.67 bits per heavy atom. The van der Waals surface area contributed by atoms with Gasteiger partial charge in [0.25, 0.3) is 5.91 Å². The van der Waals surface area contributed by atoms with Crippen LogP contribution in [0.25, 0.3) is 0 Å². The molecule has 18 heavy (non-hydrogen) atoms. The minimum absolute atomic E-state index is 0.00343. The van der Waals surface area contributed by atoms with Crippen LogP contribution in [-0.4, -0.2) is 35.1 Å². The molecule has 0 spiro atoms. The molecule has 1 atom stereocenters. The molecule has 2 N–H and O–H groups in total. The first kappa shape index (κ1) is 15.0. The van der Waals surface area contributed by atoms with Crippen molar-refractivity contribution in [2.45, 2.75) is 24.3 Å². The maximum absolute atomic E-state index is 12.4. The lowest BCUT2D eigenvalue weighted by atomic mass is 10.1. The number of hydrogen-bond donors (Lipinski definition) is 1. The van der Waals surface area contributed by atoms with Gasteiger partial charge in [0.1, 0.15) is 0 Å². The number of carbonyl (C=O) groups is 1. The molecular formula is C13H18N2OS2. The fourth-order valence-electron chi connectivity index (χ4n) is 1.64. The predicted molar refractivity (Wildman–Crippen MR) is 81.2 cm³/mol. The Morgan fingerprint density at radius 2 is 2.11 bits per heavy atom. The van der Waals surface area contributed by atoms with Crippen LogP contribution in [0.2, 0.25) is 0 Å². The van der Waals surface area contributed by atoms with Gasteiger partial charge in [-0.3, -0.25) is 4.79 Å². The largest absolute Gasteiger partial charge is 0.393 e. The van der Waals surface area contributed by atoms with Crippen LogP contribution >= 0.6 is 24.0 Å². The lowest BCUT2D eigenvalue weighted by Crippen LogP contribution is -2.37. The van der Waals surface area contributed by atoms with E-state index < -0.39 is 0 Å². The Balaban J connectivity index is 2.89. The lowest BCUT2D eigenvalue weighted by Gasteiger charge is -2.25. The highest BCUT2D eigenvalue weighted by Crippen LogP contribution is 2.21. The molecule has 5 heteroatoms. The van der Waals surface area contributed by atoms with Crippen molar-refractivity contribution in [1.82, 2.24) is 4.90 Å². The maximum Gasteiger partial charge on any atom is 0.254 e. The summed E-state index contributed by atoms with van der Waals surface area (Å²) in [6.07, 6.45) is 2.50. The second kappa shape index (κ2) is 6.75. The number of nitrogens with zero attached hydrogens (tertiary/aromatic N) is 1. The monoisotopic (exact) mass is 282 g/mol. The lowest BCUT2D eigenvalue weighted by molar-refractivity contribution is 0.0744. The molecular weight excluding hydrogens is 264 g/mol. The highest BCUT2D eigenvalue weighted by Gasteiger charge is 2.19. The molecule has 3 nitrogen and oxygen atoms in total. The molecule has 0 aliphatic carbocycles. The molecule has 1 aromatic rings. The minimum atomic E-state index is 0.00343. The Bertz CT molecular complexity index is 448. The molecule has 1 aromatic carbocycles. The van der Waals surface area contributed by atoms with Crippen LogP contribution in [0.1, 0.15) is 23.7 Å². The molecule has 0 fully saturated rings. The fraction of sp³-hybridized carbons (Fsp3) is 0.385. The molecule has 0 aromatic heterocycles. The number of benzene rings is 1. The maximum atomic E-state index is 12.4. The minimum Gasteiger partial charge on any atom is -0.393 e. The van der Waals surface area contributed by atoms with E-state index in [4.69, 9.17) is 18.0 Å². The van der Waals surface area contributed by atoms with Crippen molar-refractivity contribution >= 4 is 34.9 Å². The van der Waals surface area contributed by atoms with Crippen LogP contribution in [0.5, 0.6) is 0 Å². The number of thioether (sulfide) groups is 1. The Morgan fingerprint density at radius 1 is 1.50 bits per heavy atom. The van der Waals surface area contributed by atoms with E-state index in [1.807, 2.05) is 37.4 Å². The van der Waals surface area contributed by atoms with Gasteiger partial charge in [-0.05, 0) is 25.3 Å². The van der Waals surface area contributed by atoms with Gasteiger partial charge in [0, 0.05) is 24.4 Å². The molecule has 0 bridgehead atoms. The quantitative estimate of drug-likeness (QED) is 0.666. The Kier molecular flexibility index (Phi) is 5.62.